The molecule has 126 valence electrons. The van der Waals surface area contributed by atoms with Gasteiger partial charge in [-0.3, -0.25) is 4.79 Å². The van der Waals surface area contributed by atoms with Crippen LogP contribution in [0.2, 0.25) is 5.02 Å². The molecule has 1 aliphatic heterocycles. The highest BCUT2D eigenvalue weighted by Gasteiger charge is 2.21. The molecule has 2 aromatic rings. The Morgan fingerprint density at radius 1 is 1.17 bits per heavy atom. The van der Waals surface area contributed by atoms with E-state index in [1.807, 2.05) is 36.1 Å². The van der Waals surface area contributed by atoms with Gasteiger partial charge in [-0.15, -0.1) is 0 Å². The molecule has 0 bridgehead atoms. The molecule has 1 aromatic heterocycles. The van der Waals surface area contributed by atoms with Crippen molar-refractivity contribution in [3.05, 3.63) is 52.8 Å². The monoisotopic (exact) mass is 344 g/mol. The highest BCUT2D eigenvalue weighted by atomic mass is 35.5. The molecule has 1 fully saturated rings. The summed E-state index contributed by atoms with van der Waals surface area (Å²) >= 11 is 6.04. The lowest BCUT2D eigenvalue weighted by Crippen LogP contribution is -2.47. The first-order valence-corrected chi connectivity index (χ1v) is 8.38. The number of hydrogen-bond acceptors (Lipinski definition) is 4. The third-order valence-corrected chi connectivity index (χ3v) is 4.49. The van der Waals surface area contributed by atoms with Crippen molar-refractivity contribution in [3.63, 3.8) is 0 Å². The van der Waals surface area contributed by atoms with Gasteiger partial charge < -0.3 is 15.1 Å². The summed E-state index contributed by atoms with van der Waals surface area (Å²) in [6.45, 7) is 5.31. The number of benzene rings is 1. The number of halogens is 1. The maximum absolute atomic E-state index is 12.5. The van der Waals surface area contributed by atoms with Crippen molar-refractivity contribution in [2.75, 3.05) is 38.5 Å². The molecule has 1 amide bonds. The molecule has 1 aromatic carbocycles. The molecule has 0 spiro atoms. The van der Waals surface area contributed by atoms with Crippen LogP contribution >= 0.6 is 11.6 Å². The second-order valence-corrected chi connectivity index (χ2v) is 6.55. The molecule has 3 rings (SSSR count). The molecular weight excluding hydrogens is 324 g/mol. The Morgan fingerprint density at radius 3 is 2.58 bits per heavy atom. The van der Waals surface area contributed by atoms with Gasteiger partial charge >= 0.3 is 0 Å². The first-order chi connectivity index (χ1) is 11.5. The molecule has 0 atom stereocenters. The molecule has 0 unspecified atom stereocenters. The van der Waals surface area contributed by atoms with E-state index in [0.29, 0.717) is 10.7 Å². The Balaban J connectivity index is 1.69. The number of carbonyl (C=O) groups excluding carboxylic acids is 1. The second kappa shape index (κ2) is 7.20. The molecular formula is C18H21ClN4O. The minimum atomic E-state index is -0.00594. The minimum Gasteiger partial charge on any atom is -0.354 e. The van der Waals surface area contributed by atoms with Gasteiger partial charge in [0, 0.05) is 36.9 Å². The van der Waals surface area contributed by atoms with E-state index in [2.05, 4.69) is 22.2 Å². The van der Waals surface area contributed by atoms with Gasteiger partial charge in [0.15, 0.2) is 0 Å². The molecule has 1 N–H and O–H groups in total. The number of pyridine rings is 1. The van der Waals surface area contributed by atoms with Crippen molar-refractivity contribution >= 4 is 28.9 Å². The van der Waals surface area contributed by atoms with E-state index < -0.39 is 0 Å². The zero-order chi connectivity index (χ0) is 17.1. The van der Waals surface area contributed by atoms with Crippen LogP contribution in [0.3, 0.4) is 0 Å². The largest absolute Gasteiger partial charge is 0.354 e. The van der Waals surface area contributed by atoms with E-state index >= 15 is 0 Å². The number of hydrogen-bond donors (Lipinski definition) is 1. The van der Waals surface area contributed by atoms with E-state index in [9.17, 15) is 4.79 Å². The summed E-state index contributed by atoms with van der Waals surface area (Å²) < 4.78 is 0. The Bertz CT molecular complexity index is 724. The van der Waals surface area contributed by atoms with E-state index in [1.165, 1.54) is 0 Å². The van der Waals surface area contributed by atoms with Gasteiger partial charge in [-0.05, 0) is 43.8 Å². The molecule has 2 heterocycles. The molecule has 5 nitrogen and oxygen atoms in total. The molecule has 1 aliphatic rings. The fourth-order valence-electron chi connectivity index (χ4n) is 2.65. The first kappa shape index (κ1) is 16.7. The van der Waals surface area contributed by atoms with Gasteiger partial charge in [-0.25, -0.2) is 4.98 Å². The van der Waals surface area contributed by atoms with Crippen LogP contribution in [-0.4, -0.2) is 53.9 Å². The van der Waals surface area contributed by atoms with Crippen molar-refractivity contribution in [1.82, 2.24) is 14.8 Å². The third-order valence-electron chi connectivity index (χ3n) is 4.25. The number of anilines is 2. The van der Waals surface area contributed by atoms with Crippen LogP contribution in [0.5, 0.6) is 0 Å². The number of piperazine rings is 1. The highest BCUT2D eigenvalue weighted by molar-refractivity contribution is 6.30. The van der Waals surface area contributed by atoms with Gasteiger partial charge in [0.25, 0.3) is 5.91 Å². The van der Waals surface area contributed by atoms with Gasteiger partial charge in [0.1, 0.15) is 5.69 Å². The van der Waals surface area contributed by atoms with Crippen LogP contribution in [0.4, 0.5) is 11.4 Å². The van der Waals surface area contributed by atoms with Gasteiger partial charge in [-0.1, -0.05) is 17.7 Å². The Morgan fingerprint density at radius 2 is 1.92 bits per heavy atom. The summed E-state index contributed by atoms with van der Waals surface area (Å²) in [5.74, 6) is -0.00594. The fraction of sp³-hybridized carbons (Fsp3) is 0.333. The summed E-state index contributed by atoms with van der Waals surface area (Å²) in [6.07, 6.45) is 1.68. The Kier molecular flexibility index (Phi) is 5.02. The number of rotatable bonds is 3. The molecule has 0 radical (unpaired) electrons. The van der Waals surface area contributed by atoms with Crippen molar-refractivity contribution in [2.24, 2.45) is 0 Å². The number of aromatic nitrogens is 1. The number of amides is 1. The van der Waals surface area contributed by atoms with E-state index in [1.54, 1.807) is 12.3 Å². The number of carbonyl (C=O) groups is 1. The van der Waals surface area contributed by atoms with Crippen molar-refractivity contribution in [1.29, 1.82) is 0 Å². The summed E-state index contributed by atoms with van der Waals surface area (Å²) in [5.41, 5.74) is 3.34. The van der Waals surface area contributed by atoms with E-state index in [0.717, 1.165) is 43.1 Å². The number of likely N-dealkylation sites (N-methyl/N-ethyl adjacent to an activating group) is 1. The highest BCUT2D eigenvalue weighted by Crippen LogP contribution is 2.24. The summed E-state index contributed by atoms with van der Waals surface area (Å²) in [7, 11) is 2.07. The zero-order valence-electron chi connectivity index (χ0n) is 13.9. The lowest BCUT2D eigenvalue weighted by atomic mass is 10.2. The standard InChI is InChI=1S/C18H21ClN4O/c1-13-3-4-14(19)11-17(13)21-15-5-6-16(20-12-15)18(24)23-9-7-22(2)8-10-23/h3-6,11-12,21H,7-10H2,1-2H3. The molecule has 0 aliphatic carbocycles. The number of nitrogens with zero attached hydrogens (tertiary/aromatic N) is 3. The summed E-state index contributed by atoms with van der Waals surface area (Å²) in [4.78, 5) is 20.9. The normalized spacial score (nSPS) is 15.4. The van der Waals surface area contributed by atoms with Crippen molar-refractivity contribution in [2.45, 2.75) is 6.92 Å². The SMILES string of the molecule is Cc1ccc(Cl)cc1Nc1ccc(C(=O)N2CCN(C)CC2)nc1. The predicted molar refractivity (Wildman–Crippen MR) is 97.1 cm³/mol. The quantitative estimate of drug-likeness (QED) is 0.929. The van der Waals surface area contributed by atoms with Gasteiger partial charge in [0.2, 0.25) is 0 Å². The predicted octanol–water partition coefficient (Wildman–Crippen LogP) is 3.17. The number of aryl methyl sites for hydroxylation is 1. The lowest BCUT2D eigenvalue weighted by Gasteiger charge is -2.32. The smallest absolute Gasteiger partial charge is 0.272 e. The maximum atomic E-state index is 12.5. The molecule has 1 saturated heterocycles. The van der Waals surface area contributed by atoms with Gasteiger partial charge in [0.05, 0.1) is 11.9 Å². The average Bonchev–Trinajstić information content (AvgIpc) is 2.59. The maximum Gasteiger partial charge on any atom is 0.272 e. The van der Waals surface area contributed by atoms with Crippen LogP contribution in [0.15, 0.2) is 36.5 Å². The van der Waals surface area contributed by atoms with Crippen molar-refractivity contribution < 1.29 is 4.79 Å². The van der Waals surface area contributed by atoms with E-state index in [4.69, 9.17) is 11.6 Å². The molecule has 0 saturated carbocycles. The zero-order valence-corrected chi connectivity index (χ0v) is 14.7. The third kappa shape index (κ3) is 3.86. The first-order valence-electron chi connectivity index (χ1n) is 8.00. The second-order valence-electron chi connectivity index (χ2n) is 6.11. The molecule has 6 heteroatoms. The van der Waals surface area contributed by atoms with Crippen LogP contribution in [0.25, 0.3) is 0 Å². The number of nitrogens with one attached hydrogen (secondary N) is 1. The lowest BCUT2D eigenvalue weighted by molar-refractivity contribution is 0.0658. The minimum absolute atomic E-state index is 0.00594. The molecule has 24 heavy (non-hydrogen) atoms. The Labute approximate surface area is 147 Å². The van der Waals surface area contributed by atoms with Crippen LogP contribution < -0.4 is 5.32 Å². The van der Waals surface area contributed by atoms with Crippen molar-refractivity contribution in [3.8, 4) is 0 Å². The fourth-order valence-corrected chi connectivity index (χ4v) is 2.82. The van der Waals surface area contributed by atoms with Gasteiger partial charge in [-0.2, -0.15) is 0 Å². The van der Waals surface area contributed by atoms with Crippen LogP contribution in [0.1, 0.15) is 16.1 Å². The van der Waals surface area contributed by atoms with Crippen LogP contribution in [-0.2, 0) is 0 Å². The Hall–Kier alpha value is -2.11. The average molecular weight is 345 g/mol. The van der Waals surface area contributed by atoms with Crippen LogP contribution in [0, 0.1) is 6.92 Å². The van der Waals surface area contributed by atoms with E-state index in [-0.39, 0.29) is 5.91 Å². The topological polar surface area (TPSA) is 48.5 Å². The summed E-state index contributed by atoms with van der Waals surface area (Å²) in [6, 6.07) is 9.33. The summed E-state index contributed by atoms with van der Waals surface area (Å²) in [5, 5.41) is 3.96.